The molecule has 112 valence electrons. The summed E-state index contributed by atoms with van der Waals surface area (Å²) in [4.78, 5) is 4.72. The first-order valence-corrected chi connectivity index (χ1v) is 9.93. The highest BCUT2D eigenvalue weighted by Gasteiger charge is 2.20. The van der Waals surface area contributed by atoms with E-state index in [1.165, 1.54) is 41.8 Å². The highest BCUT2D eigenvalue weighted by atomic mass is 32.2. The summed E-state index contributed by atoms with van der Waals surface area (Å²) >= 11 is 1.75. The third-order valence-corrected chi connectivity index (χ3v) is 6.47. The van der Waals surface area contributed by atoms with E-state index in [2.05, 4.69) is 24.4 Å². The lowest BCUT2D eigenvalue weighted by Crippen LogP contribution is -2.02. The van der Waals surface area contributed by atoms with Crippen molar-refractivity contribution in [2.24, 2.45) is 0 Å². The Morgan fingerprint density at radius 3 is 2.76 bits per heavy atom. The molecule has 1 fully saturated rings. The Morgan fingerprint density at radius 2 is 2.00 bits per heavy atom. The van der Waals surface area contributed by atoms with Gasteiger partial charge in [0.05, 0.1) is 16.5 Å². The first-order chi connectivity index (χ1) is 10.2. The average molecular weight is 319 g/mol. The van der Waals surface area contributed by atoms with Crippen molar-refractivity contribution in [3.8, 4) is 0 Å². The van der Waals surface area contributed by atoms with Crippen molar-refractivity contribution in [1.29, 1.82) is 0 Å². The molecule has 0 spiro atoms. The summed E-state index contributed by atoms with van der Waals surface area (Å²) in [5, 5.41) is 3.36. The second-order valence-corrected chi connectivity index (χ2v) is 8.16. The van der Waals surface area contributed by atoms with E-state index in [4.69, 9.17) is 4.98 Å². The number of hydrogen-bond acceptors (Lipinski definition) is 3. The molecule has 1 aromatic heterocycles. The topological polar surface area (TPSA) is 30.0 Å². The minimum atomic E-state index is -0.876. The summed E-state index contributed by atoms with van der Waals surface area (Å²) < 4.78 is 12.3. The van der Waals surface area contributed by atoms with Crippen LogP contribution in [0.3, 0.4) is 0 Å². The molecule has 2 nitrogen and oxygen atoms in total. The van der Waals surface area contributed by atoms with Crippen molar-refractivity contribution < 1.29 is 4.21 Å². The molecule has 0 unspecified atom stereocenters. The molecule has 1 heterocycles. The molecule has 1 atom stereocenters. The van der Waals surface area contributed by atoms with Gasteiger partial charge < -0.3 is 0 Å². The zero-order valence-electron chi connectivity index (χ0n) is 12.4. The monoisotopic (exact) mass is 319 g/mol. The van der Waals surface area contributed by atoms with Crippen molar-refractivity contribution in [2.45, 2.75) is 50.0 Å². The lowest BCUT2D eigenvalue weighted by molar-refractivity contribution is 0.680. The number of benzene rings is 1. The predicted molar refractivity (Wildman–Crippen MR) is 90.1 cm³/mol. The van der Waals surface area contributed by atoms with Crippen molar-refractivity contribution in [1.82, 2.24) is 4.98 Å². The van der Waals surface area contributed by atoms with Crippen LogP contribution in [0, 0.1) is 6.92 Å². The third-order valence-electron chi connectivity index (χ3n) is 4.16. The standard InChI is InChI=1S/C17H21NOS2/c1-13-6-2-3-9-15(13)11-21(19)12-16-10-20-17(18-16)14-7-4-5-8-14/h2-3,6,9-10,14H,4-5,7-8,11-12H2,1H3/t21-/m0/s1. The van der Waals surface area contributed by atoms with Gasteiger partial charge in [0.15, 0.2) is 0 Å². The van der Waals surface area contributed by atoms with E-state index in [0.717, 1.165) is 5.69 Å². The summed E-state index contributed by atoms with van der Waals surface area (Å²) in [6.45, 7) is 2.08. The number of aromatic nitrogens is 1. The van der Waals surface area contributed by atoms with E-state index in [1.807, 2.05) is 12.1 Å². The van der Waals surface area contributed by atoms with Crippen LogP contribution in [0.1, 0.15) is 53.4 Å². The zero-order valence-corrected chi connectivity index (χ0v) is 14.0. The molecule has 0 bridgehead atoms. The Hall–Kier alpha value is -1.00. The Balaban J connectivity index is 1.61. The van der Waals surface area contributed by atoms with Gasteiger partial charge in [0, 0.05) is 27.9 Å². The Kier molecular flexibility index (Phi) is 4.86. The minimum absolute atomic E-state index is 0.581. The van der Waals surface area contributed by atoms with Crippen LogP contribution >= 0.6 is 11.3 Å². The fraction of sp³-hybridized carbons (Fsp3) is 0.471. The molecule has 0 saturated heterocycles. The summed E-state index contributed by atoms with van der Waals surface area (Å²) in [5.41, 5.74) is 3.41. The lowest BCUT2D eigenvalue weighted by Gasteiger charge is -2.05. The van der Waals surface area contributed by atoms with Gasteiger partial charge in [-0.2, -0.15) is 0 Å². The van der Waals surface area contributed by atoms with E-state index in [-0.39, 0.29) is 0 Å². The van der Waals surface area contributed by atoms with Crippen molar-refractivity contribution in [3.05, 3.63) is 51.5 Å². The van der Waals surface area contributed by atoms with Gasteiger partial charge in [0.2, 0.25) is 0 Å². The van der Waals surface area contributed by atoms with Gasteiger partial charge in [0.25, 0.3) is 0 Å². The van der Waals surface area contributed by atoms with E-state index in [1.54, 1.807) is 11.3 Å². The van der Waals surface area contributed by atoms with Gasteiger partial charge in [-0.05, 0) is 30.9 Å². The summed E-state index contributed by atoms with van der Waals surface area (Å²) in [6, 6.07) is 8.18. The molecule has 1 aliphatic rings. The number of nitrogens with zero attached hydrogens (tertiary/aromatic N) is 1. The summed E-state index contributed by atoms with van der Waals surface area (Å²) in [7, 11) is -0.876. The minimum Gasteiger partial charge on any atom is -0.259 e. The normalized spacial score (nSPS) is 17.2. The van der Waals surface area contributed by atoms with Gasteiger partial charge in [-0.1, -0.05) is 37.1 Å². The van der Waals surface area contributed by atoms with E-state index < -0.39 is 10.8 Å². The fourth-order valence-corrected chi connectivity index (χ4v) is 5.26. The molecule has 0 amide bonds. The van der Waals surface area contributed by atoms with Crippen molar-refractivity contribution >= 4 is 22.1 Å². The molecule has 1 saturated carbocycles. The second kappa shape index (κ2) is 6.84. The molecule has 0 N–H and O–H groups in total. The summed E-state index contributed by atoms with van der Waals surface area (Å²) in [6.07, 6.45) is 5.22. The third kappa shape index (κ3) is 3.80. The van der Waals surface area contributed by atoms with Gasteiger partial charge in [-0.25, -0.2) is 4.98 Å². The lowest BCUT2D eigenvalue weighted by atomic mass is 10.1. The number of thiazole rings is 1. The van der Waals surface area contributed by atoms with Crippen LogP contribution < -0.4 is 0 Å². The van der Waals surface area contributed by atoms with Crippen LogP contribution in [0.15, 0.2) is 29.6 Å². The molecule has 3 rings (SSSR count). The van der Waals surface area contributed by atoms with E-state index in [0.29, 0.717) is 17.4 Å². The molecule has 2 aromatic rings. The van der Waals surface area contributed by atoms with E-state index >= 15 is 0 Å². The fourth-order valence-electron chi connectivity index (χ4n) is 2.91. The van der Waals surface area contributed by atoms with Crippen LogP contribution in [0.5, 0.6) is 0 Å². The molecular formula is C17H21NOS2. The van der Waals surface area contributed by atoms with Crippen LogP contribution in [-0.4, -0.2) is 9.19 Å². The smallest absolute Gasteiger partial charge is 0.0959 e. The first-order valence-electron chi connectivity index (χ1n) is 7.56. The largest absolute Gasteiger partial charge is 0.259 e. The number of aryl methyl sites for hydroxylation is 1. The van der Waals surface area contributed by atoms with E-state index in [9.17, 15) is 4.21 Å². The van der Waals surface area contributed by atoms with Gasteiger partial charge in [-0.15, -0.1) is 11.3 Å². The Bertz CT molecular complexity index is 629. The molecule has 0 radical (unpaired) electrons. The van der Waals surface area contributed by atoms with Crippen LogP contribution in [0.25, 0.3) is 0 Å². The van der Waals surface area contributed by atoms with Gasteiger partial charge >= 0.3 is 0 Å². The van der Waals surface area contributed by atoms with Crippen LogP contribution in [0.4, 0.5) is 0 Å². The van der Waals surface area contributed by atoms with Gasteiger partial charge in [-0.3, -0.25) is 4.21 Å². The molecule has 4 heteroatoms. The van der Waals surface area contributed by atoms with Crippen LogP contribution in [-0.2, 0) is 22.3 Å². The predicted octanol–water partition coefficient (Wildman–Crippen LogP) is 4.56. The van der Waals surface area contributed by atoms with Gasteiger partial charge in [0.1, 0.15) is 0 Å². The maximum atomic E-state index is 12.3. The average Bonchev–Trinajstić information content (AvgIpc) is 3.12. The number of rotatable bonds is 5. The quantitative estimate of drug-likeness (QED) is 0.809. The van der Waals surface area contributed by atoms with Crippen LogP contribution in [0.2, 0.25) is 0 Å². The Morgan fingerprint density at radius 1 is 1.24 bits per heavy atom. The molecule has 1 aliphatic carbocycles. The number of hydrogen-bond donors (Lipinski definition) is 0. The Labute approximate surface area is 133 Å². The molecule has 0 aliphatic heterocycles. The maximum Gasteiger partial charge on any atom is 0.0959 e. The van der Waals surface area contributed by atoms with Crippen molar-refractivity contribution in [3.63, 3.8) is 0 Å². The highest BCUT2D eigenvalue weighted by molar-refractivity contribution is 7.83. The second-order valence-electron chi connectivity index (χ2n) is 5.81. The van der Waals surface area contributed by atoms with Crippen molar-refractivity contribution in [2.75, 3.05) is 0 Å². The molecular weight excluding hydrogens is 298 g/mol. The first kappa shape index (κ1) is 14.9. The SMILES string of the molecule is Cc1ccccc1C[S@](=O)Cc1csc(C2CCCC2)n1. The summed E-state index contributed by atoms with van der Waals surface area (Å²) in [5.74, 6) is 1.87. The molecule has 21 heavy (non-hydrogen) atoms. The highest BCUT2D eigenvalue weighted by Crippen LogP contribution is 2.35. The zero-order chi connectivity index (χ0) is 14.7. The molecule has 1 aromatic carbocycles. The maximum absolute atomic E-state index is 12.3.